The lowest BCUT2D eigenvalue weighted by molar-refractivity contribution is -0.138. The van der Waals surface area contributed by atoms with Gasteiger partial charge in [0, 0.05) is 6.08 Å². The third kappa shape index (κ3) is 4.24. The lowest BCUT2D eigenvalue weighted by Crippen LogP contribution is -2.15. The number of hydrogen-bond donors (Lipinski definition) is 1. The van der Waals surface area contributed by atoms with Gasteiger partial charge in [-0.1, -0.05) is 6.08 Å². The Balaban J connectivity index is 2.76. The van der Waals surface area contributed by atoms with Crippen LogP contribution in [0.25, 0.3) is 0 Å². The molecule has 0 unspecified atom stereocenters. The number of carbonyl (C=O) groups is 2. The van der Waals surface area contributed by atoms with E-state index in [2.05, 4.69) is 4.74 Å². The average Bonchev–Trinajstić information content (AvgIpc) is 2.30. The zero-order valence-corrected chi connectivity index (χ0v) is 9.51. The van der Waals surface area contributed by atoms with Crippen LogP contribution in [0.5, 0.6) is 0 Å². The maximum atomic E-state index is 11.3. The largest absolute Gasteiger partial charge is 0.463 e. The highest BCUT2D eigenvalue weighted by molar-refractivity contribution is 5.95. The van der Waals surface area contributed by atoms with E-state index in [9.17, 15) is 9.59 Å². The first-order valence-corrected chi connectivity index (χ1v) is 5.21. The molecule has 0 atom stereocenters. The van der Waals surface area contributed by atoms with Gasteiger partial charge in [-0.15, -0.1) is 0 Å². The van der Waals surface area contributed by atoms with Crippen molar-refractivity contribution in [3.63, 3.8) is 0 Å². The second kappa shape index (κ2) is 6.65. The molecule has 92 valence electrons. The predicted molar refractivity (Wildman–Crippen MR) is 60.0 cm³/mol. The summed E-state index contributed by atoms with van der Waals surface area (Å²) in [5, 5.41) is 8.72. The van der Waals surface area contributed by atoms with Crippen LogP contribution in [0.3, 0.4) is 0 Å². The van der Waals surface area contributed by atoms with Gasteiger partial charge < -0.3 is 14.6 Å². The van der Waals surface area contributed by atoms with E-state index in [0.717, 1.165) is 0 Å². The van der Waals surface area contributed by atoms with Gasteiger partial charge in [-0.2, -0.15) is 0 Å². The molecule has 0 aromatic rings. The number of esters is 2. The smallest absolute Gasteiger partial charge is 0.338 e. The number of cyclic esters (lactones) is 1. The van der Waals surface area contributed by atoms with Gasteiger partial charge in [-0.25, -0.2) is 9.59 Å². The molecule has 0 aromatic heterocycles. The molecule has 1 N–H and O–H groups in total. The lowest BCUT2D eigenvalue weighted by atomic mass is 10.1. The van der Waals surface area contributed by atoms with Gasteiger partial charge in [0.1, 0.15) is 6.61 Å². The fourth-order valence-corrected chi connectivity index (χ4v) is 1.23. The van der Waals surface area contributed by atoms with E-state index in [0.29, 0.717) is 5.57 Å². The maximum absolute atomic E-state index is 11.3. The highest BCUT2D eigenvalue weighted by Crippen LogP contribution is 2.13. The summed E-state index contributed by atoms with van der Waals surface area (Å²) in [5.74, 6) is -1.01. The molecule has 5 nitrogen and oxygen atoms in total. The monoisotopic (exact) mass is 238 g/mol. The summed E-state index contributed by atoms with van der Waals surface area (Å²) < 4.78 is 9.54. The molecule has 0 aliphatic carbocycles. The maximum Gasteiger partial charge on any atom is 0.338 e. The van der Waals surface area contributed by atoms with E-state index >= 15 is 0 Å². The predicted octanol–water partition coefficient (Wildman–Crippen LogP) is 0.508. The van der Waals surface area contributed by atoms with Gasteiger partial charge in [0.05, 0.1) is 18.8 Å². The first kappa shape index (κ1) is 13.2. The fraction of sp³-hybridized carbons (Fsp3) is 0.333. The number of carbonyl (C=O) groups excluding carboxylic acids is 2. The van der Waals surface area contributed by atoms with Crippen molar-refractivity contribution in [2.24, 2.45) is 0 Å². The molecule has 0 radical (unpaired) electrons. The van der Waals surface area contributed by atoms with Gasteiger partial charge in [0.25, 0.3) is 0 Å². The van der Waals surface area contributed by atoms with Crippen LogP contribution in [-0.2, 0) is 19.1 Å². The van der Waals surface area contributed by atoms with Gasteiger partial charge in [-0.05, 0) is 24.6 Å². The third-order valence-electron chi connectivity index (χ3n) is 1.99. The second-order valence-electron chi connectivity index (χ2n) is 3.22. The molecule has 1 aliphatic rings. The third-order valence-corrected chi connectivity index (χ3v) is 1.99. The lowest BCUT2D eigenvalue weighted by Gasteiger charge is -2.12. The average molecular weight is 238 g/mol. The standard InChI is InChI=1S/C12H14O5/c1-2-16-11(14)4-3-10-7-9(5-6-13)8-17-12(10)15/h3-5,7,13H,2,6,8H2,1H3/b4-3-,9-5-. The van der Waals surface area contributed by atoms with Crippen molar-refractivity contribution in [1.29, 1.82) is 0 Å². The molecule has 0 amide bonds. The zero-order chi connectivity index (χ0) is 12.7. The molecule has 0 saturated heterocycles. The van der Waals surface area contributed by atoms with Crippen LogP contribution in [0, 0.1) is 0 Å². The Morgan fingerprint density at radius 1 is 1.65 bits per heavy atom. The summed E-state index contributed by atoms with van der Waals surface area (Å²) in [4.78, 5) is 22.4. The number of hydrogen-bond acceptors (Lipinski definition) is 5. The van der Waals surface area contributed by atoms with E-state index in [1.807, 2.05) is 0 Å². The number of rotatable bonds is 4. The number of aliphatic hydroxyl groups is 1. The molecule has 0 aromatic carbocycles. The minimum Gasteiger partial charge on any atom is -0.463 e. The quantitative estimate of drug-likeness (QED) is 0.570. The van der Waals surface area contributed by atoms with Crippen LogP contribution in [0.4, 0.5) is 0 Å². The molecule has 1 rings (SSSR count). The van der Waals surface area contributed by atoms with Crippen molar-refractivity contribution < 1.29 is 24.2 Å². The Bertz CT molecular complexity index is 390. The van der Waals surface area contributed by atoms with Crippen LogP contribution in [-0.4, -0.2) is 36.9 Å². The van der Waals surface area contributed by atoms with Crippen molar-refractivity contribution in [2.45, 2.75) is 6.92 Å². The van der Waals surface area contributed by atoms with E-state index < -0.39 is 11.9 Å². The van der Waals surface area contributed by atoms with E-state index in [4.69, 9.17) is 9.84 Å². The minimum atomic E-state index is -0.514. The van der Waals surface area contributed by atoms with Gasteiger partial charge in [0.15, 0.2) is 0 Å². The van der Waals surface area contributed by atoms with E-state index in [-0.39, 0.29) is 25.4 Å². The summed E-state index contributed by atoms with van der Waals surface area (Å²) in [6.07, 6.45) is 5.60. The SMILES string of the molecule is CCOC(=O)/C=C\C1=CC(=C/CO)/COC1=O. The van der Waals surface area contributed by atoms with Crippen LogP contribution >= 0.6 is 0 Å². The topological polar surface area (TPSA) is 72.8 Å². The van der Waals surface area contributed by atoms with Crippen molar-refractivity contribution in [3.8, 4) is 0 Å². The van der Waals surface area contributed by atoms with Gasteiger partial charge >= 0.3 is 11.9 Å². The van der Waals surface area contributed by atoms with Crippen molar-refractivity contribution in [1.82, 2.24) is 0 Å². The number of aliphatic hydroxyl groups excluding tert-OH is 1. The molecule has 1 heterocycles. The summed E-state index contributed by atoms with van der Waals surface area (Å²) in [6.45, 7) is 1.98. The highest BCUT2D eigenvalue weighted by Gasteiger charge is 2.15. The first-order valence-electron chi connectivity index (χ1n) is 5.21. The molecule has 5 heteroatoms. The molecule has 0 saturated carbocycles. The van der Waals surface area contributed by atoms with Crippen molar-refractivity contribution in [3.05, 3.63) is 35.5 Å². The molecule has 0 fully saturated rings. The minimum absolute atomic E-state index is 0.127. The van der Waals surface area contributed by atoms with Crippen LogP contribution < -0.4 is 0 Å². The Morgan fingerprint density at radius 3 is 3.06 bits per heavy atom. The molecule has 0 bridgehead atoms. The Kier molecular flexibility index (Phi) is 5.16. The number of ether oxygens (including phenoxy) is 2. The van der Waals surface area contributed by atoms with Crippen LogP contribution in [0.15, 0.2) is 35.5 Å². The molecular weight excluding hydrogens is 224 g/mol. The van der Waals surface area contributed by atoms with Crippen LogP contribution in [0.2, 0.25) is 0 Å². The van der Waals surface area contributed by atoms with Crippen molar-refractivity contribution >= 4 is 11.9 Å². The van der Waals surface area contributed by atoms with Crippen LogP contribution in [0.1, 0.15) is 6.92 Å². The molecular formula is C12H14O5. The summed E-state index contributed by atoms with van der Waals surface area (Å²) in [7, 11) is 0. The normalized spacial score (nSPS) is 18.1. The second-order valence-corrected chi connectivity index (χ2v) is 3.22. The van der Waals surface area contributed by atoms with E-state index in [1.165, 1.54) is 18.2 Å². The summed E-state index contributed by atoms with van der Waals surface area (Å²) in [5.41, 5.74) is 0.944. The zero-order valence-electron chi connectivity index (χ0n) is 9.51. The molecule has 1 aliphatic heterocycles. The molecule has 17 heavy (non-hydrogen) atoms. The van der Waals surface area contributed by atoms with Gasteiger partial charge in [-0.3, -0.25) is 0 Å². The van der Waals surface area contributed by atoms with Gasteiger partial charge in [0.2, 0.25) is 0 Å². The molecule has 0 spiro atoms. The van der Waals surface area contributed by atoms with E-state index in [1.54, 1.807) is 13.0 Å². The Hall–Kier alpha value is -1.88. The Labute approximate surface area is 99.0 Å². The van der Waals surface area contributed by atoms with Crippen molar-refractivity contribution in [2.75, 3.05) is 19.8 Å². The fourth-order valence-electron chi connectivity index (χ4n) is 1.23. The first-order chi connectivity index (χ1) is 8.17. The Morgan fingerprint density at radius 2 is 2.41 bits per heavy atom. The highest BCUT2D eigenvalue weighted by atomic mass is 16.5. The summed E-state index contributed by atoms with van der Waals surface area (Å²) in [6, 6.07) is 0. The summed E-state index contributed by atoms with van der Waals surface area (Å²) >= 11 is 0.